The predicted octanol–water partition coefficient (Wildman–Crippen LogP) is 0.400. The molecular formula is C30H29NaO10. The first-order chi connectivity index (χ1) is 19.3. The summed E-state index contributed by atoms with van der Waals surface area (Å²) in [6, 6.07) is 11.1. The summed E-state index contributed by atoms with van der Waals surface area (Å²) in [6.07, 6.45) is -0.110. The number of aliphatic carboxylic acids is 1. The summed E-state index contributed by atoms with van der Waals surface area (Å²) in [5, 5.41) is 12.8. The molecule has 1 aliphatic rings. The molecule has 0 N–H and O–H groups in total. The smallest absolute Gasteiger partial charge is 0.545 e. The van der Waals surface area contributed by atoms with E-state index in [2.05, 4.69) is 0 Å². The minimum atomic E-state index is -1.55. The first kappa shape index (κ1) is 31.7. The Bertz CT molecular complexity index is 1470. The topological polar surface area (TPSA) is 122 Å². The molecule has 11 heteroatoms. The van der Waals surface area contributed by atoms with Gasteiger partial charge in [-0.1, -0.05) is 0 Å². The number of carbonyl (C=O) groups excluding carboxylic acids is 2. The number of carbonyl (C=O) groups is 2. The molecule has 0 atom stereocenters. The molecule has 0 saturated carbocycles. The maximum absolute atomic E-state index is 14.1. The molecule has 0 saturated heterocycles. The number of hydrogen-bond acceptors (Lipinski definition) is 10. The van der Waals surface area contributed by atoms with E-state index in [0.29, 0.717) is 39.9 Å². The van der Waals surface area contributed by atoms with Crippen molar-refractivity contribution in [3.05, 3.63) is 70.3 Å². The van der Waals surface area contributed by atoms with E-state index in [9.17, 15) is 14.7 Å². The molecule has 10 nitrogen and oxygen atoms in total. The Hall–Kier alpha value is -3.86. The van der Waals surface area contributed by atoms with Gasteiger partial charge in [-0.3, -0.25) is 4.79 Å². The van der Waals surface area contributed by atoms with Gasteiger partial charge < -0.3 is 43.1 Å². The van der Waals surface area contributed by atoms with Crippen LogP contribution in [0.1, 0.15) is 27.0 Å². The molecule has 0 radical (unpaired) electrons. The Morgan fingerprint density at radius 2 is 1.41 bits per heavy atom. The molecule has 4 rings (SSSR count). The minimum Gasteiger partial charge on any atom is -0.545 e. The van der Waals surface area contributed by atoms with E-state index < -0.39 is 11.8 Å². The van der Waals surface area contributed by atoms with Gasteiger partial charge in [0.15, 0.2) is 28.8 Å². The van der Waals surface area contributed by atoms with Crippen LogP contribution < -0.4 is 67.8 Å². The Morgan fingerprint density at radius 1 is 0.780 bits per heavy atom. The van der Waals surface area contributed by atoms with E-state index in [4.69, 9.17) is 33.2 Å². The summed E-state index contributed by atoms with van der Waals surface area (Å²) in [6.45, 7) is 1.74. The Morgan fingerprint density at radius 3 is 1.95 bits per heavy atom. The van der Waals surface area contributed by atoms with Gasteiger partial charge in [0.2, 0.25) is 18.3 Å². The van der Waals surface area contributed by atoms with Gasteiger partial charge in [0.05, 0.1) is 41.5 Å². The third kappa shape index (κ3) is 6.40. The van der Waals surface area contributed by atoms with Crippen molar-refractivity contribution in [2.75, 3.05) is 42.3 Å². The van der Waals surface area contributed by atoms with Crippen LogP contribution >= 0.6 is 0 Å². The number of rotatable bonds is 11. The molecule has 0 fully saturated rings. The number of aryl methyl sites for hydroxylation is 1. The molecule has 3 aromatic rings. The molecule has 41 heavy (non-hydrogen) atoms. The normalized spacial score (nSPS) is 12.0. The van der Waals surface area contributed by atoms with Crippen LogP contribution in [0.2, 0.25) is 0 Å². The van der Waals surface area contributed by atoms with E-state index in [1.807, 2.05) is 0 Å². The number of ketones is 1. The third-order valence-electron chi connectivity index (χ3n) is 6.49. The average Bonchev–Trinajstić information content (AvgIpc) is 3.44. The van der Waals surface area contributed by atoms with Gasteiger partial charge in [0.1, 0.15) is 5.75 Å². The molecule has 0 aliphatic carbocycles. The number of ether oxygens (including phenoxy) is 7. The molecule has 1 aliphatic heterocycles. The van der Waals surface area contributed by atoms with Crippen molar-refractivity contribution in [1.82, 2.24) is 0 Å². The van der Waals surface area contributed by atoms with Crippen LogP contribution in [0.3, 0.4) is 0 Å². The predicted molar refractivity (Wildman–Crippen MR) is 143 cm³/mol. The fourth-order valence-corrected chi connectivity index (χ4v) is 4.61. The summed E-state index contributed by atoms with van der Waals surface area (Å²) in [7, 11) is 7.36. The van der Waals surface area contributed by atoms with Crippen molar-refractivity contribution < 1.29 is 77.4 Å². The minimum absolute atomic E-state index is 0. The average molecular weight is 573 g/mol. The zero-order valence-electron chi connectivity index (χ0n) is 24.0. The van der Waals surface area contributed by atoms with E-state index in [0.717, 1.165) is 0 Å². The number of Topliss-reactive ketones (excluding diaryl/α,β-unsaturated/α-hetero) is 1. The molecule has 3 aromatic carbocycles. The molecule has 1 heterocycles. The van der Waals surface area contributed by atoms with Crippen LogP contribution in [0, 0.1) is 6.92 Å². The molecule has 0 bridgehead atoms. The number of allylic oxidation sites excluding steroid dienone is 1. The summed E-state index contributed by atoms with van der Waals surface area (Å²) < 4.78 is 38.0. The standard InChI is InChI=1S/C30H30O10.Na/c1-16-9-18(7-8-21(16)34-2)27(31)20(10-17-11-22(35-3)28(38-6)23(12-17)36-4)26(30(32)33)19-13-24(37-5)29-25(14-19)39-15-40-29;/h7-9,11-14H,10,15H2,1-6H3,(H,32,33);/q;+1/p-1. The van der Waals surface area contributed by atoms with Gasteiger partial charge in [-0.2, -0.15) is 0 Å². The van der Waals surface area contributed by atoms with Crippen LogP contribution in [0.4, 0.5) is 0 Å². The van der Waals surface area contributed by atoms with Crippen LogP contribution in [-0.2, 0) is 11.2 Å². The van der Waals surface area contributed by atoms with Crippen LogP contribution in [0.15, 0.2) is 48.0 Å². The number of benzene rings is 3. The quantitative estimate of drug-likeness (QED) is 0.181. The fraction of sp³-hybridized carbons (Fsp3) is 0.267. The van der Waals surface area contributed by atoms with E-state index in [1.165, 1.54) is 47.7 Å². The van der Waals surface area contributed by atoms with Crippen molar-refractivity contribution in [1.29, 1.82) is 0 Å². The van der Waals surface area contributed by atoms with Gasteiger partial charge in [-0.05, 0) is 66.1 Å². The molecule has 0 unspecified atom stereocenters. The first-order valence-electron chi connectivity index (χ1n) is 12.2. The van der Waals surface area contributed by atoms with Crippen molar-refractivity contribution in [2.24, 2.45) is 0 Å². The van der Waals surface area contributed by atoms with Gasteiger partial charge in [0, 0.05) is 23.1 Å². The van der Waals surface area contributed by atoms with Gasteiger partial charge in [-0.15, -0.1) is 0 Å². The number of methoxy groups -OCH3 is 5. The number of carboxylic acid groups (broad SMARTS) is 1. The Kier molecular flexibility index (Phi) is 10.6. The van der Waals surface area contributed by atoms with E-state index in [1.54, 1.807) is 37.3 Å². The zero-order chi connectivity index (χ0) is 29.0. The van der Waals surface area contributed by atoms with E-state index >= 15 is 0 Å². The van der Waals surface area contributed by atoms with Crippen molar-refractivity contribution in [2.45, 2.75) is 13.3 Å². The van der Waals surface area contributed by atoms with Gasteiger partial charge in [0.25, 0.3) is 0 Å². The van der Waals surface area contributed by atoms with Crippen LogP contribution in [0.25, 0.3) is 5.57 Å². The second kappa shape index (κ2) is 13.7. The maximum Gasteiger partial charge on any atom is 1.00 e. The van der Waals surface area contributed by atoms with Crippen molar-refractivity contribution >= 4 is 17.3 Å². The molecular weight excluding hydrogens is 543 g/mol. The van der Waals surface area contributed by atoms with Gasteiger partial charge >= 0.3 is 29.6 Å². The summed E-state index contributed by atoms with van der Waals surface area (Å²) >= 11 is 0. The zero-order valence-corrected chi connectivity index (χ0v) is 26.0. The first-order valence-corrected chi connectivity index (χ1v) is 12.2. The Balaban J connectivity index is 0.00000462. The van der Waals surface area contributed by atoms with Crippen molar-refractivity contribution in [3.8, 4) is 40.2 Å². The van der Waals surface area contributed by atoms with Crippen LogP contribution in [-0.4, -0.2) is 54.1 Å². The number of hydrogen-bond donors (Lipinski definition) is 0. The van der Waals surface area contributed by atoms with E-state index in [-0.39, 0.29) is 76.5 Å². The monoisotopic (exact) mass is 572 g/mol. The molecule has 0 spiro atoms. The summed E-state index contributed by atoms with van der Waals surface area (Å²) in [5.74, 6) is 0.456. The molecule has 210 valence electrons. The second-order valence-corrected chi connectivity index (χ2v) is 8.78. The molecule has 0 aromatic heterocycles. The maximum atomic E-state index is 14.1. The number of fused-ring (bicyclic) bond motifs is 1. The SMILES string of the molecule is COc1ccc(C(=O)C(Cc2cc(OC)c(OC)c(OC)c2)=C(C(=O)[O-])c2cc(OC)c3c(c2)OCO3)cc1C.[Na+]. The summed E-state index contributed by atoms with van der Waals surface area (Å²) in [4.78, 5) is 26.8. The largest absolute Gasteiger partial charge is 1.00 e. The van der Waals surface area contributed by atoms with Crippen LogP contribution in [0.5, 0.6) is 40.2 Å². The molecule has 0 amide bonds. The summed E-state index contributed by atoms with van der Waals surface area (Å²) in [5.41, 5.74) is 1.30. The van der Waals surface area contributed by atoms with Crippen molar-refractivity contribution in [3.63, 3.8) is 0 Å². The fourth-order valence-electron chi connectivity index (χ4n) is 4.61. The second-order valence-electron chi connectivity index (χ2n) is 8.78. The van der Waals surface area contributed by atoms with Gasteiger partial charge in [-0.25, -0.2) is 0 Å². The number of carboxylic acids is 1. The Labute approximate surface area is 260 Å². The third-order valence-corrected chi connectivity index (χ3v) is 6.49.